The van der Waals surface area contributed by atoms with Gasteiger partial charge in [-0.25, -0.2) is 0 Å². The van der Waals surface area contributed by atoms with Gasteiger partial charge in [0.15, 0.2) is 0 Å². The molecule has 0 fully saturated rings. The molecule has 0 amide bonds. The summed E-state index contributed by atoms with van der Waals surface area (Å²) >= 11 is 0. The lowest BCUT2D eigenvalue weighted by Gasteiger charge is -2.14. The Kier molecular flexibility index (Phi) is 5.60. The van der Waals surface area contributed by atoms with Crippen molar-refractivity contribution in [2.45, 2.75) is 20.8 Å². The van der Waals surface area contributed by atoms with Crippen molar-refractivity contribution in [3.05, 3.63) is 41.2 Å². The minimum Gasteiger partial charge on any atom is -0.398 e. The van der Waals surface area contributed by atoms with Crippen molar-refractivity contribution in [3.8, 4) is 0 Å². The first-order chi connectivity index (χ1) is 8.50. The second-order valence-electron chi connectivity index (χ2n) is 3.83. The smallest absolute Gasteiger partial charge is 0.356 e. The highest BCUT2D eigenvalue weighted by molar-refractivity contribution is 7.57. The summed E-state index contributed by atoms with van der Waals surface area (Å²) in [5.74, 6) is 1.38. The van der Waals surface area contributed by atoms with Crippen molar-refractivity contribution < 1.29 is 13.6 Å². The molecule has 4 nitrogen and oxygen atoms in total. The molecular formula is C13H20NO3P. The van der Waals surface area contributed by atoms with E-state index < -0.39 is 7.60 Å². The standard InChI is InChI=1S/C13H20NO3P/c1-4-16-18(15,17-5-2)10-13(14)12-8-6-11(3)7-9-12/h6-10H,4-5,14H2,1-3H3. The first kappa shape index (κ1) is 15.0. The average molecular weight is 269 g/mol. The van der Waals surface area contributed by atoms with Crippen LogP contribution in [0.5, 0.6) is 0 Å². The molecule has 0 aromatic heterocycles. The van der Waals surface area contributed by atoms with Gasteiger partial charge in [-0.15, -0.1) is 0 Å². The number of benzene rings is 1. The molecule has 0 radical (unpaired) electrons. The van der Waals surface area contributed by atoms with E-state index in [1.54, 1.807) is 13.8 Å². The van der Waals surface area contributed by atoms with Crippen molar-refractivity contribution in [3.63, 3.8) is 0 Å². The Hall–Kier alpha value is -1.09. The Morgan fingerprint density at radius 3 is 2.17 bits per heavy atom. The third-order valence-corrected chi connectivity index (χ3v) is 4.13. The number of hydrogen-bond donors (Lipinski definition) is 1. The van der Waals surface area contributed by atoms with Gasteiger partial charge in [-0.1, -0.05) is 29.8 Å². The molecule has 0 spiro atoms. The normalized spacial score (nSPS) is 12.7. The van der Waals surface area contributed by atoms with Gasteiger partial charge in [0.05, 0.1) is 19.0 Å². The molecule has 0 heterocycles. The quantitative estimate of drug-likeness (QED) is 0.803. The minimum absolute atomic E-state index is 0.314. The fraction of sp³-hybridized carbons (Fsp3) is 0.385. The zero-order valence-corrected chi connectivity index (χ0v) is 11.9. The molecule has 0 saturated heterocycles. The van der Waals surface area contributed by atoms with Gasteiger partial charge in [0.25, 0.3) is 0 Å². The molecule has 0 aliphatic heterocycles. The van der Waals surface area contributed by atoms with Crippen LogP contribution in [0.1, 0.15) is 25.0 Å². The van der Waals surface area contributed by atoms with Crippen LogP contribution in [0.15, 0.2) is 30.1 Å². The fourth-order valence-corrected chi connectivity index (χ4v) is 2.90. The SMILES string of the molecule is CCOP(=O)(C=C(N)c1ccc(C)cc1)OCC. The third kappa shape index (κ3) is 4.30. The second kappa shape index (κ2) is 6.74. The number of rotatable bonds is 6. The number of hydrogen-bond acceptors (Lipinski definition) is 4. The maximum atomic E-state index is 12.3. The summed E-state index contributed by atoms with van der Waals surface area (Å²) in [5, 5.41) is 0. The van der Waals surface area contributed by atoms with Crippen LogP contribution in [-0.4, -0.2) is 13.2 Å². The van der Waals surface area contributed by atoms with Gasteiger partial charge in [0.1, 0.15) is 0 Å². The van der Waals surface area contributed by atoms with Crippen LogP contribution in [0, 0.1) is 6.92 Å². The maximum absolute atomic E-state index is 12.3. The van der Waals surface area contributed by atoms with Gasteiger partial charge in [0.2, 0.25) is 0 Å². The van der Waals surface area contributed by atoms with E-state index in [2.05, 4.69) is 0 Å². The van der Waals surface area contributed by atoms with Gasteiger partial charge in [0, 0.05) is 5.70 Å². The monoisotopic (exact) mass is 269 g/mol. The molecule has 0 unspecified atom stereocenters. The van der Waals surface area contributed by atoms with E-state index in [0.717, 1.165) is 11.1 Å². The summed E-state index contributed by atoms with van der Waals surface area (Å²) in [5.41, 5.74) is 8.27. The van der Waals surface area contributed by atoms with E-state index in [4.69, 9.17) is 14.8 Å². The minimum atomic E-state index is -3.24. The molecule has 18 heavy (non-hydrogen) atoms. The van der Waals surface area contributed by atoms with E-state index in [9.17, 15) is 4.57 Å². The lowest BCUT2D eigenvalue weighted by atomic mass is 10.1. The van der Waals surface area contributed by atoms with Gasteiger partial charge in [-0.05, 0) is 26.3 Å². The molecule has 1 aromatic carbocycles. The largest absolute Gasteiger partial charge is 0.398 e. The maximum Gasteiger partial charge on any atom is 0.356 e. The Morgan fingerprint density at radius 2 is 1.72 bits per heavy atom. The third-order valence-electron chi connectivity index (χ3n) is 2.30. The van der Waals surface area contributed by atoms with Crippen LogP contribution in [0.25, 0.3) is 5.70 Å². The van der Waals surface area contributed by atoms with Crippen molar-refractivity contribution in [2.24, 2.45) is 5.73 Å². The second-order valence-corrected chi connectivity index (χ2v) is 5.68. The summed E-state index contributed by atoms with van der Waals surface area (Å²) in [4.78, 5) is 0. The molecule has 0 atom stereocenters. The topological polar surface area (TPSA) is 61.5 Å². The molecule has 0 saturated carbocycles. The predicted molar refractivity (Wildman–Crippen MR) is 74.2 cm³/mol. The van der Waals surface area contributed by atoms with Crippen molar-refractivity contribution in [2.75, 3.05) is 13.2 Å². The summed E-state index contributed by atoms with van der Waals surface area (Å²) < 4.78 is 22.6. The van der Waals surface area contributed by atoms with Gasteiger partial charge in [-0.3, -0.25) is 4.57 Å². The molecule has 0 aliphatic rings. The lowest BCUT2D eigenvalue weighted by molar-refractivity contribution is 0.229. The van der Waals surface area contributed by atoms with E-state index in [-0.39, 0.29) is 0 Å². The fourth-order valence-electron chi connectivity index (χ4n) is 1.46. The molecule has 1 aromatic rings. The van der Waals surface area contributed by atoms with Crippen molar-refractivity contribution in [1.29, 1.82) is 0 Å². The molecule has 1 rings (SSSR count). The van der Waals surface area contributed by atoms with Crippen LogP contribution in [-0.2, 0) is 13.6 Å². The zero-order chi connectivity index (χ0) is 13.6. The molecule has 100 valence electrons. The number of aryl methyl sites for hydroxylation is 1. The average Bonchev–Trinajstić information content (AvgIpc) is 2.30. The molecular weight excluding hydrogens is 249 g/mol. The Bertz CT molecular complexity index is 444. The summed E-state index contributed by atoms with van der Waals surface area (Å²) in [6.45, 7) is 6.15. The highest BCUT2D eigenvalue weighted by Crippen LogP contribution is 2.50. The highest BCUT2D eigenvalue weighted by atomic mass is 31.2. The van der Waals surface area contributed by atoms with Crippen molar-refractivity contribution >= 4 is 13.3 Å². The van der Waals surface area contributed by atoms with Crippen LogP contribution < -0.4 is 5.73 Å². The Balaban J connectivity index is 2.98. The van der Waals surface area contributed by atoms with Crippen LogP contribution in [0.2, 0.25) is 0 Å². The molecule has 5 heteroatoms. The van der Waals surface area contributed by atoms with E-state index in [1.807, 2.05) is 31.2 Å². The highest BCUT2D eigenvalue weighted by Gasteiger charge is 2.21. The van der Waals surface area contributed by atoms with Crippen LogP contribution in [0.4, 0.5) is 0 Å². The van der Waals surface area contributed by atoms with Crippen LogP contribution in [0.3, 0.4) is 0 Å². The first-order valence-corrected chi connectivity index (χ1v) is 7.56. The van der Waals surface area contributed by atoms with Gasteiger partial charge < -0.3 is 14.8 Å². The molecule has 0 aliphatic carbocycles. The van der Waals surface area contributed by atoms with Crippen LogP contribution >= 0.6 is 7.60 Å². The predicted octanol–water partition coefficient (Wildman–Crippen LogP) is 3.52. The van der Waals surface area contributed by atoms with E-state index in [1.165, 1.54) is 5.82 Å². The summed E-state index contributed by atoms with van der Waals surface area (Å²) in [6.07, 6.45) is 0. The molecule has 2 N–H and O–H groups in total. The van der Waals surface area contributed by atoms with E-state index in [0.29, 0.717) is 18.9 Å². The van der Waals surface area contributed by atoms with Gasteiger partial charge in [-0.2, -0.15) is 0 Å². The zero-order valence-electron chi connectivity index (χ0n) is 11.1. The van der Waals surface area contributed by atoms with E-state index >= 15 is 0 Å². The number of nitrogens with two attached hydrogens (primary N) is 1. The summed E-state index contributed by atoms with van der Waals surface area (Å²) in [7, 11) is -3.24. The lowest BCUT2D eigenvalue weighted by Crippen LogP contribution is -2.00. The van der Waals surface area contributed by atoms with Crippen molar-refractivity contribution in [1.82, 2.24) is 0 Å². The Labute approximate surface area is 108 Å². The van der Waals surface area contributed by atoms with Gasteiger partial charge >= 0.3 is 7.60 Å². The summed E-state index contributed by atoms with van der Waals surface area (Å²) in [6, 6.07) is 7.65. The first-order valence-electron chi connectivity index (χ1n) is 5.95. The molecule has 0 bridgehead atoms. The Morgan fingerprint density at radius 1 is 1.22 bits per heavy atom.